The second-order valence-corrected chi connectivity index (χ2v) is 4.14. The molecule has 0 spiro atoms. The highest BCUT2D eigenvalue weighted by Crippen LogP contribution is 2.07. The third kappa shape index (κ3) is 16.1. The van der Waals surface area contributed by atoms with E-state index >= 15 is 0 Å². The minimum Gasteiger partial charge on any atom is -0.481 e. The molecular weight excluding hydrogens is 236 g/mol. The van der Waals surface area contributed by atoms with Gasteiger partial charge in [0.2, 0.25) is 0 Å². The summed E-state index contributed by atoms with van der Waals surface area (Å²) in [6, 6.07) is 0. The lowest BCUT2D eigenvalue weighted by molar-refractivity contribution is -0.137. The van der Waals surface area contributed by atoms with Crippen molar-refractivity contribution in [3.05, 3.63) is 24.3 Å². The topological polar surface area (TPSA) is 37.3 Å². The van der Waals surface area contributed by atoms with Gasteiger partial charge in [-0.05, 0) is 50.2 Å². The Balaban J connectivity index is 3.40. The SMILES string of the molecule is C/C=C\C#CC#C/C=C/CCCCCCCC(=O)O. The van der Waals surface area contributed by atoms with Crippen LogP contribution >= 0.6 is 0 Å². The molecular formula is C17H22O2. The molecule has 0 atom stereocenters. The van der Waals surface area contributed by atoms with Crippen LogP contribution in [-0.4, -0.2) is 11.1 Å². The van der Waals surface area contributed by atoms with Crippen LogP contribution in [-0.2, 0) is 4.79 Å². The fraction of sp³-hybridized carbons (Fsp3) is 0.471. The van der Waals surface area contributed by atoms with Gasteiger partial charge in [0.15, 0.2) is 0 Å². The van der Waals surface area contributed by atoms with Crippen molar-refractivity contribution in [1.82, 2.24) is 0 Å². The van der Waals surface area contributed by atoms with Gasteiger partial charge < -0.3 is 5.11 Å². The molecule has 0 bridgehead atoms. The van der Waals surface area contributed by atoms with Crippen molar-refractivity contribution in [1.29, 1.82) is 0 Å². The van der Waals surface area contributed by atoms with Gasteiger partial charge in [0.05, 0.1) is 0 Å². The molecule has 0 rings (SSSR count). The highest BCUT2D eigenvalue weighted by atomic mass is 16.4. The van der Waals surface area contributed by atoms with Crippen molar-refractivity contribution in [2.24, 2.45) is 0 Å². The summed E-state index contributed by atoms with van der Waals surface area (Å²) < 4.78 is 0. The Labute approximate surface area is 116 Å². The normalized spacial score (nSPS) is 9.95. The van der Waals surface area contributed by atoms with E-state index in [1.807, 2.05) is 19.1 Å². The molecule has 0 unspecified atom stereocenters. The highest BCUT2D eigenvalue weighted by Gasteiger charge is 1.95. The lowest BCUT2D eigenvalue weighted by Crippen LogP contribution is -1.93. The van der Waals surface area contributed by atoms with Gasteiger partial charge in [-0.1, -0.05) is 43.3 Å². The molecule has 2 nitrogen and oxygen atoms in total. The largest absolute Gasteiger partial charge is 0.481 e. The van der Waals surface area contributed by atoms with Crippen molar-refractivity contribution < 1.29 is 9.90 Å². The van der Waals surface area contributed by atoms with Crippen LogP contribution in [0.2, 0.25) is 0 Å². The minimum atomic E-state index is -0.695. The van der Waals surface area contributed by atoms with Gasteiger partial charge in [-0.3, -0.25) is 4.79 Å². The second kappa shape index (κ2) is 14.1. The molecule has 102 valence electrons. The number of unbranched alkanes of at least 4 members (excludes halogenated alkanes) is 5. The van der Waals surface area contributed by atoms with E-state index in [-0.39, 0.29) is 0 Å². The molecule has 0 heterocycles. The fourth-order valence-electron chi connectivity index (χ4n) is 1.45. The molecule has 2 heteroatoms. The van der Waals surface area contributed by atoms with Crippen molar-refractivity contribution >= 4 is 5.97 Å². The lowest BCUT2D eigenvalue weighted by Gasteiger charge is -1.97. The van der Waals surface area contributed by atoms with Crippen LogP contribution in [0.3, 0.4) is 0 Å². The van der Waals surface area contributed by atoms with Crippen LogP contribution in [0, 0.1) is 23.7 Å². The van der Waals surface area contributed by atoms with Gasteiger partial charge in [0.1, 0.15) is 0 Å². The molecule has 0 amide bonds. The minimum absolute atomic E-state index is 0.295. The quantitative estimate of drug-likeness (QED) is 0.529. The lowest BCUT2D eigenvalue weighted by atomic mass is 10.1. The molecule has 0 saturated carbocycles. The van der Waals surface area contributed by atoms with E-state index in [2.05, 4.69) is 29.8 Å². The van der Waals surface area contributed by atoms with Crippen LogP contribution in [0.15, 0.2) is 24.3 Å². The average Bonchev–Trinajstić information content (AvgIpc) is 2.39. The molecule has 0 aliphatic carbocycles. The van der Waals surface area contributed by atoms with E-state index in [4.69, 9.17) is 5.11 Å². The number of hydrogen-bond donors (Lipinski definition) is 1. The van der Waals surface area contributed by atoms with Gasteiger partial charge in [0.25, 0.3) is 0 Å². The Kier molecular flexibility index (Phi) is 12.7. The Morgan fingerprint density at radius 1 is 1.00 bits per heavy atom. The van der Waals surface area contributed by atoms with Crippen LogP contribution < -0.4 is 0 Å². The van der Waals surface area contributed by atoms with E-state index in [1.54, 1.807) is 6.08 Å². The smallest absolute Gasteiger partial charge is 0.303 e. The van der Waals surface area contributed by atoms with Gasteiger partial charge in [-0.25, -0.2) is 0 Å². The van der Waals surface area contributed by atoms with E-state index in [1.165, 1.54) is 0 Å². The Morgan fingerprint density at radius 3 is 2.32 bits per heavy atom. The Bertz CT molecular complexity index is 408. The molecule has 1 N–H and O–H groups in total. The summed E-state index contributed by atoms with van der Waals surface area (Å²) in [6.45, 7) is 1.92. The molecule has 0 aliphatic rings. The maximum absolute atomic E-state index is 10.3. The first-order valence-corrected chi connectivity index (χ1v) is 6.76. The third-order valence-corrected chi connectivity index (χ3v) is 2.42. The molecule has 0 aromatic heterocycles. The first-order valence-electron chi connectivity index (χ1n) is 6.76. The van der Waals surface area contributed by atoms with E-state index < -0.39 is 5.97 Å². The third-order valence-electron chi connectivity index (χ3n) is 2.42. The zero-order valence-corrected chi connectivity index (χ0v) is 11.6. The van der Waals surface area contributed by atoms with Crippen LogP contribution in [0.5, 0.6) is 0 Å². The van der Waals surface area contributed by atoms with Crippen LogP contribution in [0.1, 0.15) is 51.9 Å². The number of carbonyl (C=O) groups is 1. The number of rotatable bonds is 8. The fourth-order valence-corrected chi connectivity index (χ4v) is 1.45. The molecule has 0 aliphatic heterocycles. The number of allylic oxidation sites excluding steroid dienone is 4. The molecule has 0 aromatic carbocycles. The maximum Gasteiger partial charge on any atom is 0.303 e. The van der Waals surface area contributed by atoms with Crippen molar-refractivity contribution in [2.75, 3.05) is 0 Å². The summed E-state index contributed by atoms with van der Waals surface area (Å²) in [5, 5.41) is 8.47. The van der Waals surface area contributed by atoms with Crippen LogP contribution in [0.4, 0.5) is 0 Å². The monoisotopic (exact) mass is 258 g/mol. The first kappa shape index (κ1) is 17.1. The Hall–Kier alpha value is -1.93. The number of aliphatic carboxylic acids is 1. The standard InChI is InChI=1S/C17H22O2/c1-2-3-4-5-6-7-8-9-10-11-12-13-14-15-16-17(18)19/h2-3,8-9H,10-16H2,1H3,(H,18,19)/b3-2-,9-8+. The summed E-state index contributed by atoms with van der Waals surface area (Å²) in [5.74, 6) is 10.4. The second-order valence-electron chi connectivity index (χ2n) is 4.14. The average molecular weight is 258 g/mol. The molecule has 19 heavy (non-hydrogen) atoms. The van der Waals surface area contributed by atoms with Crippen molar-refractivity contribution in [2.45, 2.75) is 51.9 Å². The van der Waals surface area contributed by atoms with Gasteiger partial charge >= 0.3 is 5.97 Å². The maximum atomic E-state index is 10.3. The summed E-state index contributed by atoms with van der Waals surface area (Å²) in [7, 11) is 0. The molecule has 0 saturated heterocycles. The zero-order valence-electron chi connectivity index (χ0n) is 11.6. The number of carboxylic acid groups (broad SMARTS) is 1. The summed E-state index contributed by atoms with van der Waals surface area (Å²) >= 11 is 0. The Morgan fingerprint density at radius 2 is 1.63 bits per heavy atom. The van der Waals surface area contributed by atoms with Gasteiger partial charge in [0, 0.05) is 6.42 Å². The van der Waals surface area contributed by atoms with E-state index in [0.717, 1.165) is 38.5 Å². The predicted molar refractivity (Wildman–Crippen MR) is 79.5 cm³/mol. The summed E-state index contributed by atoms with van der Waals surface area (Å²) in [6.07, 6.45) is 14.1. The number of carboxylic acids is 1. The predicted octanol–water partition coefficient (Wildman–Crippen LogP) is 3.94. The summed E-state index contributed by atoms with van der Waals surface area (Å²) in [5.41, 5.74) is 0. The van der Waals surface area contributed by atoms with Gasteiger partial charge in [-0.15, -0.1) is 0 Å². The molecule has 0 fully saturated rings. The van der Waals surface area contributed by atoms with E-state index in [0.29, 0.717) is 6.42 Å². The molecule has 0 aromatic rings. The van der Waals surface area contributed by atoms with Crippen LogP contribution in [0.25, 0.3) is 0 Å². The van der Waals surface area contributed by atoms with Gasteiger partial charge in [-0.2, -0.15) is 0 Å². The summed E-state index contributed by atoms with van der Waals surface area (Å²) in [4.78, 5) is 10.3. The highest BCUT2D eigenvalue weighted by molar-refractivity contribution is 5.66. The zero-order chi connectivity index (χ0) is 14.2. The first-order chi connectivity index (χ1) is 9.27. The molecule has 0 radical (unpaired) electrons. The van der Waals surface area contributed by atoms with Crippen molar-refractivity contribution in [3.63, 3.8) is 0 Å². The van der Waals surface area contributed by atoms with E-state index in [9.17, 15) is 4.79 Å². The number of hydrogen-bond acceptors (Lipinski definition) is 1. The van der Waals surface area contributed by atoms with Crippen molar-refractivity contribution in [3.8, 4) is 23.7 Å².